The van der Waals surface area contributed by atoms with Crippen molar-refractivity contribution in [1.29, 1.82) is 0 Å². The van der Waals surface area contributed by atoms with Crippen LogP contribution in [-0.2, 0) is 6.18 Å². The molecule has 3 unspecified atom stereocenters. The quantitative estimate of drug-likeness (QED) is 0.904. The summed E-state index contributed by atoms with van der Waals surface area (Å²) >= 11 is 0. The van der Waals surface area contributed by atoms with Gasteiger partial charge in [0.2, 0.25) is 0 Å². The maximum absolute atomic E-state index is 12.9. The molecule has 0 radical (unpaired) electrons. The van der Waals surface area contributed by atoms with Gasteiger partial charge in [0.25, 0.3) is 0 Å². The van der Waals surface area contributed by atoms with Gasteiger partial charge in [0.1, 0.15) is 0 Å². The normalized spacial score (nSPS) is 25.5. The molecule has 0 spiro atoms. The van der Waals surface area contributed by atoms with Gasteiger partial charge in [0.15, 0.2) is 0 Å². The Hall–Kier alpha value is -1.10. The molecular formula is C14H18F3NO. The number of nitrogens with zero attached hydrogens (tertiary/aromatic N) is 1. The molecule has 0 aromatic carbocycles. The van der Waals surface area contributed by atoms with Crippen molar-refractivity contribution in [1.82, 2.24) is 4.98 Å². The van der Waals surface area contributed by atoms with Crippen molar-refractivity contribution in [2.75, 3.05) is 0 Å². The second-order valence-corrected chi connectivity index (χ2v) is 5.25. The fourth-order valence-corrected chi connectivity index (χ4v) is 2.93. The highest BCUT2D eigenvalue weighted by Crippen LogP contribution is 2.43. The van der Waals surface area contributed by atoms with Crippen molar-refractivity contribution in [2.24, 2.45) is 11.8 Å². The van der Waals surface area contributed by atoms with Crippen LogP contribution in [-0.4, -0.2) is 10.1 Å². The number of halogens is 3. The monoisotopic (exact) mass is 273 g/mol. The Bertz CT molecular complexity index is 433. The summed E-state index contributed by atoms with van der Waals surface area (Å²) in [5.74, 6) is 0.431. The highest BCUT2D eigenvalue weighted by molar-refractivity contribution is 5.28. The zero-order valence-electron chi connectivity index (χ0n) is 10.8. The van der Waals surface area contributed by atoms with E-state index >= 15 is 0 Å². The van der Waals surface area contributed by atoms with Crippen molar-refractivity contribution >= 4 is 0 Å². The number of alkyl halides is 3. The van der Waals surface area contributed by atoms with Crippen LogP contribution in [0.1, 0.15) is 49.8 Å². The minimum atomic E-state index is -4.44. The molecule has 1 aliphatic rings. The number of rotatable bonds is 3. The van der Waals surface area contributed by atoms with Gasteiger partial charge in [-0.15, -0.1) is 0 Å². The predicted molar refractivity (Wildman–Crippen MR) is 65.3 cm³/mol. The molecule has 1 aliphatic carbocycles. The summed E-state index contributed by atoms with van der Waals surface area (Å²) < 4.78 is 38.7. The van der Waals surface area contributed by atoms with E-state index in [1.807, 2.05) is 0 Å². The Morgan fingerprint density at radius 1 is 1.42 bits per heavy atom. The number of aliphatic hydroxyl groups excluding tert-OH is 1. The van der Waals surface area contributed by atoms with E-state index in [0.29, 0.717) is 5.92 Å². The molecule has 5 heteroatoms. The Balaban J connectivity index is 2.22. The SMILES string of the molecule is CCC1CCC(C(O)c2cnccc2C(F)(F)F)C1. The van der Waals surface area contributed by atoms with Crippen LogP contribution < -0.4 is 0 Å². The Kier molecular flexibility index (Phi) is 4.13. The van der Waals surface area contributed by atoms with Gasteiger partial charge in [-0.3, -0.25) is 4.98 Å². The molecule has 3 atom stereocenters. The lowest BCUT2D eigenvalue weighted by Crippen LogP contribution is -2.17. The minimum absolute atomic E-state index is 0.0863. The molecule has 19 heavy (non-hydrogen) atoms. The number of aliphatic hydroxyl groups is 1. The molecular weight excluding hydrogens is 255 g/mol. The summed E-state index contributed by atoms with van der Waals surface area (Å²) in [6, 6.07) is 0.935. The van der Waals surface area contributed by atoms with Crippen LogP contribution in [0.2, 0.25) is 0 Å². The summed E-state index contributed by atoms with van der Waals surface area (Å²) in [6.07, 6.45) is 0.330. The molecule has 0 amide bonds. The molecule has 0 saturated heterocycles. The molecule has 0 bridgehead atoms. The number of hydrogen-bond donors (Lipinski definition) is 1. The maximum Gasteiger partial charge on any atom is 0.416 e. The molecule has 1 heterocycles. The van der Waals surface area contributed by atoms with Gasteiger partial charge in [0, 0.05) is 18.0 Å². The van der Waals surface area contributed by atoms with E-state index in [-0.39, 0.29) is 11.5 Å². The molecule has 1 fully saturated rings. The van der Waals surface area contributed by atoms with E-state index in [2.05, 4.69) is 11.9 Å². The molecule has 2 rings (SSSR count). The first kappa shape index (κ1) is 14.3. The molecule has 106 valence electrons. The third-order valence-electron chi connectivity index (χ3n) is 4.08. The first-order valence-electron chi connectivity index (χ1n) is 6.62. The lowest BCUT2D eigenvalue weighted by Gasteiger charge is -2.22. The van der Waals surface area contributed by atoms with Crippen molar-refractivity contribution in [3.8, 4) is 0 Å². The van der Waals surface area contributed by atoms with Crippen LogP contribution >= 0.6 is 0 Å². The Morgan fingerprint density at radius 3 is 2.74 bits per heavy atom. The first-order chi connectivity index (χ1) is 8.93. The predicted octanol–water partition coefficient (Wildman–Crippen LogP) is 3.96. The lowest BCUT2D eigenvalue weighted by atomic mass is 9.91. The maximum atomic E-state index is 12.9. The van der Waals surface area contributed by atoms with Crippen molar-refractivity contribution in [3.63, 3.8) is 0 Å². The van der Waals surface area contributed by atoms with E-state index in [1.165, 1.54) is 0 Å². The van der Waals surface area contributed by atoms with Crippen LogP contribution in [0.3, 0.4) is 0 Å². The van der Waals surface area contributed by atoms with Gasteiger partial charge >= 0.3 is 6.18 Å². The van der Waals surface area contributed by atoms with Crippen LogP contribution in [0.4, 0.5) is 13.2 Å². The van der Waals surface area contributed by atoms with Crippen LogP contribution in [0.25, 0.3) is 0 Å². The zero-order valence-corrected chi connectivity index (χ0v) is 10.8. The van der Waals surface area contributed by atoms with Gasteiger partial charge in [-0.25, -0.2) is 0 Å². The second kappa shape index (κ2) is 5.49. The summed E-state index contributed by atoms with van der Waals surface area (Å²) in [7, 11) is 0. The van der Waals surface area contributed by atoms with E-state index < -0.39 is 17.8 Å². The van der Waals surface area contributed by atoms with Crippen LogP contribution in [0.5, 0.6) is 0 Å². The van der Waals surface area contributed by atoms with Crippen LogP contribution in [0.15, 0.2) is 18.5 Å². The molecule has 0 aliphatic heterocycles. The standard InChI is InChI=1S/C14H18F3NO/c1-2-9-3-4-10(7-9)13(19)11-8-18-6-5-12(11)14(15,16)17/h5-6,8-10,13,19H,2-4,7H2,1H3. The van der Waals surface area contributed by atoms with E-state index in [9.17, 15) is 18.3 Å². The highest BCUT2D eigenvalue weighted by Gasteiger charge is 2.38. The minimum Gasteiger partial charge on any atom is -0.388 e. The topological polar surface area (TPSA) is 33.1 Å². The number of pyridine rings is 1. The summed E-state index contributed by atoms with van der Waals surface area (Å²) in [5, 5.41) is 10.2. The lowest BCUT2D eigenvalue weighted by molar-refractivity contribution is -0.139. The van der Waals surface area contributed by atoms with Crippen molar-refractivity contribution in [2.45, 2.75) is 44.9 Å². The van der Waals surface area contributed by atoms with E-state index in [4.69, 9.17) is 0 Å². The van der Waals surface area contributed by atoms with Crippen molar-refractivity contribution < 1.29 is 18.3 Å². The fourth-order valence-electron chi connectivity index (χ4n) is 2.93. The molecule has 1 saturated carbocycles. The Morgan fingerprint density at radius 2 is 2.16 bits per heavy atom. The van der Waals surface area contributed by atoms with Gasteiger partial charge in [-0.05, 0) is 30.7 Å². The second-order valence-electron chi connectivity index (χ2n) is 5.25. The third-order valence-corrected chi connectivity index (χ3v) is 4.08. The zero-order chi connectivity index (χ0) is 14.0. The summed E-state index contributed by atoms with van der Waals surface area (Å²) in [6.45, 7) is 2.07. The summed E-state index contributed by atoms with van der Waals surface area (Å²) in [5.41, 5.74) is -0.855. The average molecular weight is 273 g/mol. The molecule has 1 aromatic rings. The van der Waals surface area contributed by atoms with Gasteiger partial charge < -0.3 is 5.11 Å². The molecule has 1 N–H and O–H groups in total. The first-order valence-corrected chi connectivity index (χ1v) is 6.62. The van der Waals surface area contributed by atoms with Gasteiger partial charge in [0.05, 0.1) is 11.7 Å². The smallest absolute Gasteiger partial charge is 0.388 e. The average Bonchev–Trinajstić information content (AvgIpc) is 2.85. The van der Waals surface area contributed by atoms with Gasteiger partial charge in [-0.1, -0.05) is 19.8 Å². The summed E-state index contributed by atoms with van der Waals surface area (Å²) in [4.78, 5) is 3.73. The van der Waals surface area contributed by atoms with Gasteiger partial charge in [-0.2, -0.15) is 13.2 Å². The number of hydrogen-bond acceptors (Lipinski definition) is 2. The third kappa shape index (κ3) is 3.08. The van der Waals surface area contributed by atoms with E-state index in [1.54, 1.807) is 0 Å². The molecule has 2 nitrogen and oxygen atoms in total. The largest absolute Gasteiger partial charge is 0.416 e. The highest BCUT2D eigenvalue weighted by atomic mass is 19.4. The Labute approximate surface area is 110 Å². The van der Waals surface area contributed by atoms with E-state index in [0.717, 1.165) is 44.1 Å². The van der Waals surface area contributed by atoms with Crippen molar-refractivity contribution in [3.05, 3.63) is 29.6 Å². The fraction of sp³-hybridized carbons (Fsp3) is 0.643. The number of aromatic nitrogens is 1. The van der Waals surface area contributed by atoms with Crippen LogP contribution in [0, 0.1) is 11.8 Å². The molecule has 1 aromatic heterocycles.